The first kappa shape index (κ1) is 16.4. The minimum absolute atomic E-state index is 0.0592. The van der Waals surface area contributed by atoms with Crippen molar-refractivity contribution in [3.8, 4) is 0 Å². The van der Waals surface area contributed by atoms with Crippen molar-refractivity contribution in [3.63, 3.8) is 0 Å². The first-order valence-corrected chi connectivity index (χ1v) is 8.60. The monoisotopic (exact) mass is 325 g/mol. The van der Waals surface area contributed by atoms with Crippen LogP contribution >= 0.6 is 0 Å². The molecule has 0 bridgehead atoms. The molecule has 0 saturated heterocycles. The first-order valence-electron chi connectivity index (χ1n) is 8.60. The predicted molar refractivity (Wildman–Crippen MR) is 95.0 cm³/mol. The molecule has 1 aromatic heterocycles. The fourth-order valence-electron chi connectivity index (χ4n) is 3.22. The van der Waals surface area contributed by atoms with Crippen molar-refractivity contribution >= 4 is 16.7 Å². The Hall–Kier alpha value is -2.43. The SMILES string of the molecule is CC(C(=O)NCCC1=CCCCC1)c1n[nH]c(=O)c2ccccc12. The van der Waals surface area contributed by atoms with Gasteiger partial charge in [0.05, 0.1) is 17.0 Å². The highest BCUT2D eigenvalue weighted by molar-refractivity contribution is 5.90. The molecule has 1 aliphatic carbocycles. The van der Waals surface area contributed by atoms with Crippen LogP contribution in [0, 0.1) is 0 Å². The van der Waals surface area contributed by atoms with Gasteiger partial charge in [0.15, 0.2) is 0 Å². The molecule has 1 amide bonds. The molecule has 0 saturated carbocycles. The van der Waals surface area contributed by atoms with E-state index in [1.807, 2.05) is 25.1 Å². The Kier molecular flexibility index (Phi) is 5.08. The van der Waals surface area contributed by atoms with Gasteiger partial charge in [-0.2, -0.15) is 5.10 Å². The number of hydrogen-bond acceptors (Lipinski definition) is 3. The van der Waals surface area contributed by atoms with Gasteiger partial charge in [-0.1, -0.05) is 29.8 Å². The normalized spacial score (nSPS) is 15.8. The lowest BCUT2D eigenvalue weighted by atomic mass is 9.97. The highest BCUT2D eigenvalue weighted by atomic mass is 16.2. The number of H-pyrrole nitrogens is 1. The minimum Gasteiger partial charge on any atom is -0.355 e. The van der Waals surface area contributed by atoms with Crippen molar-refractivity contribution in [1.29, 1.82) is 0 Å². The van der Waals surface area contributed by atoms with E-state index in [-0.39, 0.29) is 11.5 Å². The van der Waals surface area contributed by atoms with Crippen molar-refractivity contribution in [3.05, 3.63) is 52.0 Å². The summed E-state index contributed by atoms with van der Waals surface area (Å²) < 4.78 is 0. The summed E-state index contributed by atoms with van der Waals surface area (Å²) in [5.41, 5.74) is 1.83. The number of nitrogens with one attached hydrogen (secondary N) is 2. The molecule has 1 aromatic carbocycles. The Balaban J connectivity index is 1.68. The molecular weight excluding hydrogens is 302 g/mol. The molecule has 1 heterocycles. The van der Waals surface area contributed by atoms with Crippen LogP contribution in [0.25, 0.3) is 10.8 Å². The molecule has 126 valence electrons. The molecule has 24 heavy (non-hydrogen) atoms. The van der Waals surface area contributed by atoms with Crippen molar-refractivity contribution in [2.24, 2.45) is 0 Å². The Morgan fingerprint density at radius 2 is 2.08 bits per heavy atom. The van der Waals surface area contributed by atoms with Crippen LogP contribution in [-0.2, 0) is 4.79 Å². The van der Waals surface area contributed by atoms with Crippen molar-refractivity contribution in [2.75, 3.05) is 6.54 Å². The third-order valence-electron chi connectivity index (χ3n) is 4.66. The lowest BCUT2D eigenvalue weighted by Gasteiger charge is -2.15. The van der Waals surface area contributed by atoms with Gasteiger partial charge in [-0.15, -0.1) is 0 Å². The topological polar surface area (TPSA) is 74.8 Å². The standard InChI is InChI=1S/C19H23N3O2/c1-13(18(23)20-12-11-14-7-3-2-4-8-14)17-15-9-5-6-10-16(15)19(24)22-21-17/h5-7,9-10,13H,2-4,8,11-12H2,1H3,(H,20,23)(H,22,24). The summed E-state index contributed by atoms with van der Waals surface area (Å²) >= 11 is 0. The van der Waals surface area contributed by atoms with Gasteiger partial charge in [0, 0.05) is 11.9 Å². The molecule has 1 aliphatic rings. The second-order valence-corrected chi connectivity index (χ2v) is 6.35. The fourth-order valence-corrected chi connectivity index (χ4v) is 3.22. The second-order valence-electron chi connectivity index (χ2n) is 6.35. The van der Waals surface area contributed by atoms with E-state index in [9.17, 15) is 9.59 Å². The van der Waals surface area contributed by atoms with Crippen LogP contribution in [0.15, 0.2) is 40.7 Å². The first-order chi connectivity index (χ1) is 11.7. The number of rotatable bonds is 5. The van der Waals surface area contributed by atoms with Gasteiger partial charge >= 0.3 is 0 Å². The molecule has 0 aliphatic heterocycles. The van der Waals surface area contributed by atoms with Crippen molar-refractivity contribution in [2.45, 2.75) is 44.9 Å². The van der Waals surface area contributed by atoms with Gasteiger partial charge in [0.25, 0.3) is 5.56 Å². The second kappa shape index (κ2) is 7.43. The lowest BCUT2D eigenvalue weighted by Crippen LogP contribution is -2.30. The zero-order valence-electron chi connectivity index (χ0n) is 14.0. The minimum atomic E-state index is -0.410. The highest BCUT2D eigenvalue weighted by Gasteiger charge is 2.20. The largest absolute Gasteiger partial charge is 0.355 e. The van der Waals surface area contributed by atoms with Gasteiger partial charge in [-0.3, -0.25) is 9.59 Å². The number of benzene rings is 1. The maximum absolute atomic E-state index is 12.5. The van der Waals surface area contributed by atoms with E-state index in [0.717, 1.165) is 24.6 Å². The molecule has 0 spiro atoms. The van der Waals surface area contributed by atoms with Gasteiger partial charge in [0.2, 0.25) is 5.91 Å². The van der Waals surface area contributed by atoms with Gasteiger partial charge in [-0.05, 0) is 45.1 Å². The molecular formula is C19H23N3O2. The van der Waals surface area contributed by atoms with Crippen LogP contribution in [0.3, 0.4) is 0 Å². The summed E-state index contributed by atoms with van der Waals surface area (Å²) in [6.45, 7) is 2.47. The van der Waals surface area contributed by atoms with E-state index >= 15 is 0 Å². The predicted octanol–water partition coefficient (Wildman–Crippen LogP) is 3.03. The summed E-state index contributed by atoms with van der Waals surface area (Å²) in [6.07, 6.45) is 8.06. The van der Waals surface area contributed by atoms with Crippen molar-refractivity contribution in [1.82, 2.24) is 15.5 Å². The third-order valence-corrected chi connectivity index (χ3v) is 4.66. The zero-order chi connectivity index (χ0) is 16.9. The van der Waals surface area contributed by atoms with E-state index < -0.39 is 5.92 Å². The Bertz CT molecular complexity index is 823. The maximum atomic E-state index is 12.5. The number of hydrogen-bond donors (Lipinski definition) is 2. The smallest absolute Gasteiger partial charge is 0.272 e. The Labute approximate surface area is 141 Å². The fraction of sp³-hybridized carbons (Fsp3) is 0.421. The number of amides is 1. The quantitative estimate of drug-likeness (QED) is 0.830. The molecule has 2 N–H and O–H groups in total. The zero-order valence-corrected chi connectivity index (χ0v) is 14.0. The summed E-state index contributed by atoms with van der Waals surface area (Å²) in [5.74, 6) is -0.469. The number of carbonyl (C=O) groups is 1. The number of allylic oxidation sites excluding steroid dienone is 1. The summed E-state index contributed by atoms with van der Waals surface area (Å²) in [6, 6.07) is 7.25. The van der Waals surface area contributed by atoms with E-state index in [1.165, 1.54) is 18.4 Å². The van der Waals surface area contributed by atoms with Crippen LogP contribution in [0.4, 0.5) is 0 Å². The number of carbonyl (C=O) groups excluding carboxylic acids is 1. The number of fused-ring (bicyclic) bond motifs is 1. The van der Waals surface area contributed by atoms with Gasteiger partial charge in [-0.25, -0.2) is 5.10 Å². The third kappa shape index (κ3) is 3.55. The maximum Gasteiger partial charge on any atom is 0.272 e. The Morgan fingerprint density at radius 3 is 2.83 bits per heavy atom. The Morgan fingerprint density at radius 1 is 1.29 bits per heavy atom. The van der Waals surface area contributed by atoms with Gasteiger partial charge in [0.1, 0.15) is 0 Å². The van der Waals surface area contributed by atoms with Crippen LogP contribution < -0.4 is 10.9 Å². The van der Waals surface area contributed by atoms with Crippen LogP contribution in [0.2, 0.25) is 0 Å². The summed E-state index contributed by atoms with van der Waals surface area (Å²) in [5, 5.41) is 10.9. The molecule has 5 nitrogen and oxygen atoms in total. The molecule has 3 rings (SSSR count). The number of nitrogens with zero attached hydrogens (tertiary/aromatic N) is 1. The molecule has 5 heteroatoms. The molecule has 0 radical (unpaired) electrons. The van der Waals surface area contributed by atoms with Crippen LogP contribution in [-0.4, -0.2) is 22.6 Å². The van der Waals surface area contributed by atoms with Crippen molar-refractivity contribution < 1.29 is 4.79 Å². The molecule has 1 atom stereocenters. The summed E-state index contributed by atoms with van der Waals surface area (Å²) in [7, 11) is 0. The van der Waals surface area contributed by atoms with Gasteiger partial charge < -0.3 is 5.32 Å². The van der Waals surface area contributed by atoms with E-state index in [0.29, 0.717) is 17.6 Å². The molecule has 1 unspecified atom stereocenters. The molecule has 2 aromatic rings. The van der Waals surface area contributed by atoms with E-state index in [4.69, 9.17) is 0 Å². The van der Waals surface area contributed by atoms with E-state index in [2.05, 4.69) is 21.6 Å². The van der Waals surface area contributed by atoms with E-state index in [1.54, 1.807) is 6.07 Å². The number of aromatic amines is 1. The van der Waals surface area contributed by atoms with Crippen LogP contribution in [0.5, 0.6) is 0 Å². The average molecular weight is 325 g/mol. The van der Waals surface area contributed by atoms with Crippen LogP contribution in [0.1, 0.15) is 50.6 Å². The lowest BCUT2D eigenvalue weighted by molar-refractivity contribution is -0.122. The average Bonchev–Trinajstić information content (AvgIpc) is 2.62. The summed E-state index contributed by atoms with van der Waals surface area (Å²) in [4.78, 5) is 24.3. The molecule has 0 fully saturated rings. The highest BCUT2D eigenvalue weighted by Crippen LogP contribution is 2.22. The number of aromatic nitrogens is 2.